The molecule has 1 aromatic carbocycles. The van der Waals surface area contributed by atoms with Gasteiger partial charge in [0.25, 0.3) is 0 Å². The van der Waals surface area contributed by atoms with Crippen molar-refractivity contribution in [2.45, 2.75) is 25.5 Å². The van der Waals surface area contributed by atoms with Gasteiger partial charge in [-0.05, 0) is 37.3 Å². The van der Waals surface area contributed by atoms with Crippen molar-refractivity contribution in [1.29, 1.82) is 0 Å². The van der Waals surface area contributed by atoms with Crippen LogP contribution in [0.25, 0.3) is 0 Å². The van der Waals surface area contributed by atoms with E-state index in [0.29, 0.717) is 12.1 Å². The molecule has 0 spiro atoms. The second kappa shape index (κ2) is 5.77. The largest absolute Gasteiger partial charge is 0.366 e. The van der Waals surface area contributed by atoms with Gasteiger partial charge in [0.2, 0.25) is 0 Å². The highest BCUT2D eigenvalue weighted by atomic mass is 16.5. The van der Waals surface area contributed by atoms with Gasteiger partial charge in [-0.15, -0.1) is 0 Å². The predicted molar refractivity (Wildman–Crippen MR) is 76.5 cm³/mol. The molecule has 0 N–H and O–H groups in total. The number of hydrogen-bond donors (Lipinski definition) is 0. The first-order valence-corrected chi connectivity index (χ1v) is 7.20. The van der Waals surface area contributed by atoms with Crippen molar-refractivity contribution >= 4 is 0 Å². The van der Waals surface area contributed by atoms with Gasteiger partial charge in [-0.3, -0.25) is 4.90 Å². The van der Waals surface area contributed by atoms with E-state index < -0.39 is 0 Å². The van der Waals surface area contributed by atoms with Gasteiger partial charge in [0.05, 0.1) is 0 Å². The summed E-state index contributed by atoms with van der Waals surface area (Å²) in [6, 6.07) is 10.3. The lowest BCUT2D eigenvalue weighted by molar-refractivity contribution is -0.0376. The normalized spacial score (nSPS) is 33.3. The van der Waals surface area contributed by atoms with Crippen molar-refractivity contribution < 1.29 is 4.74 Å². The molecule has 1 unspecified atom stereocenters. The third kappa shape index (κ3) is 2.83. The molecular weight excluding hydrogens is 234 g/mol. The van der Waals surface area contributed by atoms with Crippen molar-refractivity contribution in [2.75, 3.05) is 20.2 Å². The molecule has 1 aromatic rings. The van der Waals surface area contributed by atoms with E-state index in [1.165, 1.54) is 19.4 Å². The van der Waals surface area contributed by atoms with E-state index in [1.807, 2.05) is 25.3 Å². The van der Waals surface area contributed by atoms with E-state index in [2.05, 4.69) is 28.9 Å². The van der Waals surface area contributed by atoms with E-state index in [9.17, 15) is 0 Å². The number of benzene rings is 1. The lowest BCUT2D eigenvalue weighted by Crippen LogP contribution is -2.42. The maximum absolute atomic E-state index is 5.59. The Morgan fingerprint density at radius 2 is 2.00 bits per heavy atom. The van der Waals surface area contributed by atoms with Crippen LogP contribution in [0.3, 0.4) is 0 Å². The quantitative estimate of drug-likeness (QED) is 0.715. The van der Waals surface area contributed by atoms with Crippen LogP contribution < -0.4 is 0 Å². The van der Waals surface area contributed by atoms with Crippen molar-refractivity contribution in [3.8, 4) is 11.8 Å². The summed E-state index contributed by atoms with van der Waals surface area (Å²) in [5.74, 6) is 8.11. The number of fused-ring (bicyclic) bond motifs is 4. The second-order valence-corrected chi connectivity index (χ2v) is 5.55. The summed E-state index contributed by atoms with van der Waals surface area (Å²) in [5.41, 5.74) is 1.13. The summed E-state index contributed by atoms with van der Waals surface area (Å²) in [6.07, 6.45) is 4.00. The zero-order chi connectivity index (χ0) is 13.1. The first kappa shape index (κ1) is 12.7. The summed E-state index contributed by atoms with van der Waals surface area (Å²) in [5, 5.41) is 0. The number of methoxy groups -OCH3 is 1. The molecule has 2 bridgehead atoms. The monoisotopic (exact) mass is 255 g/mol. The van der Waals surface area contributed by atoms with E-state index in [4.69, 9.17) is 4.74 Å². The first-order valence-electron chi connectivity index (χ1n) is 7.20. The van der Waals surface area contributed by atoms with Crippen molar-refractivity contribution in [1.82, 2.24) is 4.90 Å². The fourth-order valence-corrected chi connectivity index (χ4v) is 3.30. The molecule has 3 aliphatic rings. The maximum atomic E-state index is 5.59. The van der Waals surface area contributed by atoms with Crippen LogP contribution in [0.4, 0.5) is 0 Å². The Morgan fingerprint density at radius 1 is 1.16 bits per heavy atom. The minimum absolute atomic E-state index is 0.313. The van der Waals surface area contributed by atoms with Crippen molar-refractivity contribution in [2.24, 2.45) is 11.8 Å². The fraction of sp³-hybridized carbons (Fsp3) is 0.529. The molecule has 3 heterocycles. The average Bonchev–Trinajstić information content (AvgIpc) is 2.77. The van der Waals surface area contributed by atoms with Gasteiger partial charge < -0.3 is 4.74 Å². The lowest BCUT2D eigenvalue weighted by Gasteiger charge is -2.34. The molecular formula is C17H21NO. The third-order valence-electron chi connectivity index (χ3n) is 4.43. The predicted octanol–water partition coefficient (Wildman–Crippen LogP) is 2.74. The van der Waals surface area contributed by atoms with Gasteiger partial charge in [0.15, 0.2) is 0 Å². The summed E-state index contributed by atoms with van der Waals surface area (Å²) < 4.78 is 5.59. The van der Waals surface area contributed by atoms with Crippen LogP contribution in [0.2, 0.25) is 0 Å². The molecule has 0 saturated carbocycles. The molecule has 3 aliphatic heterocycles. The van der Waals surface area contributed by atoms with Crippen LogP contribution in [-0.4, -0.2) is 31.3 Å². The Balaban J connectivity index is 1.74. The molecule has 100 valence electrons. The van der Waals surface area contributed by atoms with E-state index >= 15 is 0 Å². The smallest absolute Gasteiger partial charge is 0.110 e. The van der Waals surface area contributed by atoms with Gasteiger partial charge in [0, 0.05) is 31.7 Å². The van der Waals surface area contributed by atoms with Crippen LogP contribution in [0.5, 0.6) is 0 Å². The highest BCUT2D eigenvalue weighted by molar-refractivity contribution is 5.34. The SMILES string of the molecule is CO[C@@H]1CC[C@@H]2CCN1C[C@@H]2C#Cc1ccccc1. The van der Waals surface area contributed by atoms with Gasteiger partial charge in [-0.1, -0.05) is 30.0 Å². The second-order valence-electron chi connectivity index (χ2n) is 5.55. The molecule has 4 rings (SSSR count). The molecule has 3 saturated heterocycles. The zero-order valence-electron chi connectivity index (χ0n) is 11.5. The molecule has 2 heteroatoms. The van der Waals surface area contributed by atoms with Crippen molar-refractivity contribution in [3.05, 3.63) is 35.9 Å². The molecule has 2 nitrogen and oxygen atoms in total. The molecule has 4 atom stereocenters. The Bertz CT molecular complexity index is 473. The lowest BCUT2D eigenvalue weighted by atomic mass is 9.85. The molecule has 0 aromatic heterocycles. The zero-order valence-corrected chi connectivity index (χ0v) is 11.5. The number of piperidine rings is 1. The van der Waals surface area contributed by atoms with Gasteiger partial charge >= 0.3 is 0 Å². The van der Waals surface area contributed by atoms with E-state index in [1.54, 1.807) is 0 Å². The minimum atomic E-state index is 0.313. The molecule has 0 radical (unpaired) electrons. The first-order chi connectivity index (χ1) is 9.36. The summed E-state index contributed by atoms with van der Waals surface area (Å²) >= 11 is 0. The number of rotatable bonds is 1. The van der Waals surface area contributed by atoms with Gasteiger partial charge in [0.1, 0.15) is 6.23 Å². The summed E-state index contributed by atoms with van der Waals surface area (Å²) in [7, 11) is 1.83. The highest BCUT2D eigenvalue weighted by Gasteiger charge is 2.35. The van der Waals surface area contributed by atoms with Crippen LogP contribution >= 0.6 is 0 Å². The average molecular weight is 255 g/mol. The van der Waals surface area contributed by atoms with Crippen LogP contribution in [-0.2, 0) is 4.74 Å². The molecule has 19 heavy (non-hydrogen) atoms. The summed E-state index contributed by atoms with van der Waals surface area (Å²) in [4.78, 5) is 2.47. The fourth-order valence-electron chi connectivity index (χ4n) is 3.30. The number of ether oxygens (including phenoxy) is 1. The Kier molecular flexibility index (Phi) is 3.87. The molecule has 0 aliphatic carbocycles. The standard InChI is InChI=1S/C17H21NO/c1-19-17-10-9-15-11-12-18(17)13-16(15)8-7-14-5-3-2-4-6-14/h2-6,15-17H,9-13H2,1H3/t15-,16+,17-/m1/s1. The van der Waals surface area contributed by atoms with Crippen LogP contribution in [0, 0.1) is 23.7 Å². The molecule has 3 fully saturated rings. The Hall–Kier alpha value is -1.30. The van der Waals surface area contributed by atoms with Crippen LogP contribution in [0.1, 0.15) is 24.8 Å². The van der Waals surface area contributed by atoms with E-state index in [-0.39, 0.29) is 0 Å². The van der Waals surface area contributed by atoms with Crippen molar-refractivity contribution in [3.63, 3.8) is 0 Å². The summed E-state index contributed by atoms with van der Waals surface area (Å²) in [6.45, 7) is 2.25. The van der Waals surface area contributed by atoms with Gasteiger partial charge in [-0.2, -0.15) is 0 Å². The Labute approximate surface area is 115 Å². The topological polar surface area (TPSA) is 12.5 Å². The Morgan fingerprint density at radius 3 is 2.79 bits per heavy atom. The third-order valence-corrected chi connectivity index (χ3v) is 4.43. The minimum Gasteiger partial charge on any atom is -0.366 e. The maximum Gasteiger partial charge on any atom is 0.110 e. The highest BCUT2D eigenvalue weighted by Crippen LogP contribution is 2.34. The number of nitrogens with zero attached hydrogens (tertiary/aromatic N) is 1. The van der Waals surface area contributed by atoms with Gasteiger partial charge in [-0.25, -0.2) is 0 Å². The number of hydrogen-bond acceptors (Lipinski definition) is 2. The van der Waals surface area contributed by atoms with E-state index in [0.717, 1.165) is 24.4 Å². The van der Waals surface area contributed by atoms with Crippen LogP contribution in [0.15, 0.2) is 30.3 Å². The molecule has 0 amide bonds.